The maximum absolute atomic E-state index is 11.0. The van der Waals surface area contributed by atoms with E-state index in [0.717, 1.165) is 10.4 Å². The molecule has 0 aromatic carbocycles. The van der Waals surface area contributed by atoms with Crippen molar-refractivity contribution in [2.45, 2.75) is 13.8 Å². The van der Waals surface area contributed by atoms with Crippen molar-refractivity contribution in [3.05, 3.63) is 32.8 Å². The highest BCUT2D eigenvalue weighted by Crippen LogP contribution is 2.35. The molecule has 0 saturated heterocycles. The Hall–Kier alpha value is -2.02. The van der Waals surface area contributed by atoms with Gasteiger partial charge in [-0.15, -0.1) is 11.3 Å². The highest BCUT2D eigenvalue weighted by atomic mass is 32.1. The fourth-order valence-electron chi connectivity index (χ4n) is 1.58. The van der Waals surface area contributed by atoms with Gasteiger partial charge in [0.15, 0.2) is 5.69 Å². The van der Waals surface area contributed by atoms with Crippen LogP contribution in [-0.4, -0.2) is 14.9 Å². The van der Waals surface area contributed by atoms with Crippen molar-refractivity contribution in [3.63, 3.8) is 0 Å². The lowest BCUT2D eigenvalue weighted by atomic mass is 10.2. The number of hydrogen-bond acceptors (Lipinski definition) is 6. The summed E-state index contributed by atoms with van der Waals surface area (Å²) in [4.78, 5) is 19.2. The highest BCUT2D eigenvalue weighted by molar-refractivity contribution is 7.13. The molecule has 0 bridgehead atoms. The molecule has 2 heterocycles. The zero-order valence-electron chi connectivity index (χ0n) is 9.30. The number of hydrogen-bond donors (Lipinski definition) is 1. The maximum atomic E-state index is 11.0. The molecule has 0 amide bonds. The minimum absolute atomic E-state index is 0.0518. The summed E-state index contributed by atoms with van der Waals surface area (Å²) in [5.41, 5.74) is 6.99. The van der Waals surface area contributed by atoms with E-state index in [2.05, 4.69) is 9.97 Å². The van der Waals surface area contributed by atoms with Gasteiger partial charge in [0.25, 0.3) is 0 Å². The first-order valence-electron chi connectivity index (χ1n) is 4.83. The van der Waals surface area contributed by atoms with Crippen LogP contribution in [0.25, 0.3) is 10.6 Å². The number of aryl methyl sites for hydroxylation is 2. The molecule has 2 aromatic rings. The predicted molar refractivity (Wildman–Crippen MR) is 65.9 cm³/mol. The number of nitrogens with two attached hydrogens (primary N) is 1. The van der Waals surface area contributed by atoms with Crippen LogP contribution in [0.1, 0.15) is 11.3 Å². The van der Waals surface area contributed by atoms with Crippen molar-refractivity contribution in [1.82, 2.24) is 9.97 Å². The number of nitrogens with zero attached hydrogens (tertiary/aromatic N) is 3. The smallest absolute Gasteiger partial charge is 0.317 e. The fraction of sp³-hybridized carbons (Fsp3) is 0.200. The molecule has 2 aromatic heterocycles. The molecule has 0 unspecified atom stereocenters. The van der Waals surface area contributed by atoms with Gasteiger partial charge in [0.05, 0.1) is 9.80 Å². The van der Waals surface area contributed by atoms with Crippen molar-refractivity contribution in [1.29, 1.82) is 0 Å². The van der Waals surface area contributed by atoms with Crippen LogP contribution in [0.2, 0.25) is 0 Å². The van der Waals surface area contributed by atoms with Crippen LogP contribution in [0.4, 0.5) is 11.6 Å². The van der Waals surface area contributed by atoms with Gasteiger partial charge < -0.3 is 5.73 Å². The largest absolute Gasteiger partial charge is 0.368 e. The third kappa shape index (κ3) is 1.96. The first-order chi connectivity index (χ1) is 8.00. The van der Waals surface area contributed by atoms with Gasteiger partial charge in [-0.2, -0.15) is 0 Å². The Kier molecular flexibility index (Phi) is 2.76. The van der Waals surface area contributed by atoms with E-state index >= 15 is 0 Å². The molecule has 0 atom stereocenters. The van der Waals surface area contributed by atoms with E-state index in [1.807, 2.05) is 18.4 Å². The Labute approximate surface area is 101 Å². The molecule has 17 heavy (non-hydrogen) atoms. The van der Waals surface area contributed by atoms with Crippen LogP contribution < -0.4 is 5.73 Å². The van der Waals surface area contributed by atoms with Crippen LogP contribution in [0.3, 0.4) is 0 Å². The van der Waals surface area contributed by atoms with Crippen LogP contribution in [0, 0.1) is 24.0 Å². The summed E-state index contributed by atoms with van der Waals surface area (Å²) < 4.78 is 0. The summed E-state index contributed by atoms with van der Waals surface area (Å²) in [5.74, 6) is 0.0518. The van der Waals surface area contributed by atoms with E-state index < -0.39 is 4.92 Å². The standard InChI is InChI=1S/C10H10N4O2S/c1-5-3-4-17-9(5)7-8(14(15)16)6(2)12-10(11)13-7/h3-4H,1-2H3,(H2,11,12,13). The molecule has 88 valence electrons. The fourth-order valence-corrected chi connectivity index (χ4v) is 2.50. The maximum Gasteiger partial charge on any atom is 0.317 e. The summed E-state index contributed by atoms with van der Waals surface area (Å²) in [6.07, 6.45) is 0. The van der Waals surface area contributed by atoms with Crippen LogP contribution >= 0.6 is 11.3 Å². The summed E-state index contributed by atoms with van der Waals surface area (Å²) in [6, 6.07) is 1.89. The van der Waals surface area contributed by atoms with Crippen LogP contribution in [-0.2, 0) is 0 Å². The number of rotatable bonds is 2. The van der Waals surface area contributed by atoms with E-state index in [1.54, 1.807) is 6.92 Å². The third-order valence-corrected chi connectivity index (χ3v) is 3.36. The SMILES string of the molecule is Cc1ccsc1-c1nc(N)nc(C)c1[N+](=O)[O-]. The first kappa shape index (κ1) is 11.5. The molecule has 0 aliphatic carbocycles. The second-order valence-corrected chi connectivity index (χ2v) is 4.47. The quantitative estimate of drug-likeness (QED) is 0.651. The molecular weight excluding hydrogens is 240 g/mol. The van der Waals surface area contributed by atoms with Gasteiger partial charge in [0.1, 0.15) is 5.69 Å². The molecule has 2 rings (SSSR count). The van der Waals surface area contributed by atoms with E-state index in [-0.39, 0.29) is 17.3 Å². The molecular formula is C10H10N4O2S. The number of anilines is 1. The Morgan fingerprint density at radius 2 is 2.12 bits per heavy atom. The lowest BCUT2D eigenvalue weighted by Gasteiger charge is -2.04. The average molecular weight is 250 g/mol. The van der Waals surface area contributed by atoms with E-state index in [9.17, 15) is 10.1 Å². The lowest BCUT2D eigenvalue weighted by molar-refractivity contribution is -0.385. The number of nitro groups is 1. The van der Waals surface area contributed by atoms with Crippen LogP contribution in [0.15, 0.2) is 11.4 Å². The lowest BCUT2D eigenvalue weighted by Crippen LogP contribution is -2.04. The molecule has 0 aliphatic rings. The Morgan fingerprint density at radius 3 is 2.65 bits per heavy atom. The minimum Gasteiger partial charge on any atom is -0.368 e. The highest BCUT2D eigenvalue weighted by Gasteiger charge is 2.24. The van der Waals surface area contributed by atoms with Gasteiger partial charge in [0, 0.05) is 0 Å². The summed E-state index contributed by atoms with van der Waals surface area (Å²) in [6.45, 7) is 3.44. The number of aromatic nitrogens is 2. The van der Waals surface area contributed by atoms with Gasteiger partial charge in [-0.05, 0) is 30.9 Å². The zero-order chi connectivity index (χ0) is 12.6. The second kappa shape index (κ2) is 4.10. The number of nitrogen functional groups attached to an aromatic ring is 1. The van der Waals surface area contributed by atoms with Gasteiger partial charge in [-0.3, -0.25) is 10.1 Å². The van der Waals surface area contributed by atoms with Gasteiger partial charge in [0.2, 0.25) is 5.95 Å². The number of thiophene rings is 1. The average Bonchev–Trinajstić information content (AvgIpc) is 2.62. The van der Waals surface area contributed by atoms with E-state index in [4.69, 9.17) is 5.73 Å². The topological polar surface area (TPSA) is 94.9 Å². The molecule has 2 N–H and O–H groups in total. The Balaban J connectivity index is 2.76. The van der Waals surface area contributed by atoms with Crippen molar-refractivity contribution in [2.75, 3.05) is 5.73 Å². The molecule has 0 saturated carbocycles. The molecule has 0 radical (unpaired) electrons. The molecule has 6 nitrogen and oxygen atoms in total. The van der Waals surface area contributed by atoms with E-state index in [0.29, 0.717) is 5.69 Å². The normalized spacial score (nSPS) is 10.5. The second-order valence-electron chi connectivity index (χ2n) is 3.55. The van der Waals surface area contributed by atoms with Crippen molar-refractivity contribution in [3.8, 4) is 10.6 Å². The molecule has 7 heteroatoms. The Morgan fingerprint density at radius 1 is 1.41 bits per heavy atom. The monoisotopic (exact) mass is 250 g/mol. The summed E-state index contributed by atoms with van der Waals surface area (Å²) >= 11 is 1.40. The zero-order valence-corrected chi connectivity index (χ0v) is 10.1. The van der Waals surface area contributed by atoms with E-state index in [1.165, 1.54) is 11.3 Å². The first-order valence-corrected chi connectivity index (χ1v) is 5.71. The van der Waals surface area contributed by atoms with Gasteiger partial charge in [-0.25, -0.2) is 9.97 Å². The van der Waals surface area contributed by atoms with Crippen LogP contribution in [0.5, 0.6) is 0 Å². The third-order valence-electron chi connectivity index (χ3n) is 2.34. The van der Waals surface area contributed by atoms with Crippen molar-refractivity contribution < 1.29 is 4.92 Å². The molecule has 0 aliphatic heterocycles. The summed E-state index contributed by atoms with van der Waals surface area (Å²) in [7, 11) is 0. The van der Waals surface area contributed by atoms with Crippen molar-refractivity contribution >= 4 is 23.0 Å². The van der Waals surface area contributed by atoms with Gasteiger partial charge in [-0.1, -0.05) is 0 Å². The predicted octanol–water partition coefficient (Wildman–Crippen LogP) is 2.31. The molecule has 0 spiro atoms. The Bertz CT molecular complexity index is 594. The van der Waals surface area contributed by atoms with Gasteiger partial charge >= 0.3 is 5.69 Å². The van der Waals surface area contributed by atoms with Crippen molar-refractivity contribution in [2.24, 2.45) is 0 Å². The summed E-state index contributed by atoms with van der Waals surface area (Å²) in [5, 5.41) is 12.9. The minimum atomic E-state index is -0.469. The molecule has 0 fully saturated rings.